The second kappa shape index (κ2) is 6.27. The summed E-state index contributed by atoms with van der Waals surface area (Å²) in [5.74, 6) is -1.64. The van der Waals surface area contributed by atoms with Crippen molar-refractivity contribution in [3.05, 3.63) is 35.4 Å². The zero-order valence-corrected chi connectivity index (χ0v) is 13.4. The van der Waals surface area contributed by atoms with Gasteiger partial charge >= 0.3 is 0 Å². The van der Waals surface area contributed by atoms with Crippen molar-refractivity contribution in [2.75, 3.05) is 0 Å². The molecule has 0 amide bonds. The van der Waals surface area contributed by atoms with Crippen LogP contribution in [0, 0.1) is 28.4 Å². The number of Topliss-reactive ketones (excluding diaryl/α,β-unsaturated/α-hetero) is 1. The lowest BCUT2D eigenvalue weighted by atomic mass is 9.74. The predicted molar refractivity (Wildman–Crippen MR) is 83.2 cm³/mol. The molecule has 2 rings (SSSR count). The zero-order chi connectivity index (χ0) is 16.5. The summed E-state index contributed by atoms with van der Waals surface area (Å²) in [4.78, 5) is 12.4. The number of nitrogens with one attached hydrogen (secondary N) is 1. The number of benzene rings is 1. The van der Waals surface area contributed by atoms with Gasteiger partial charge in [0.1, 0.15) is 0 Å². The van der Waals surface area contributed by atoms with E-state index in [-0.39, 0.29) is 23.3 Å². The quantitative estimate of drug-likeness (QED) is 0.795. The van der Waals surface area contributed by atoms with Crippen LogP contribution in [-0.4, -0.2) is 11.5 Å². The van der Waals surface area contributed by atoms with Gasteiger partial charge in [0.2, 0.25) is 0 Å². The first-order valence-electron chi connectivity index (χ1n) is 7.78. The number of carbonyl (C=O) groups excluding carboxylic acids is 1. The highest BCUT2D eigenvalue weighted by Gasteiger charge is 2.33. The van der Waals surface area contributed by atoms with Crippen LogP contribution >= 0.6 is 0 Å². The molecule has 1 aromatic rings. The number of hydrogen-bond acceptors (Lipinski definition) is 2. The minimum Gasteiger partial charge on any atom is -0.301 e. The molecule has 2 nitrogen and oxygen atoms in total. The lowest BCUT2D eigenvalue weighted by Crippen LogP contribution is -2.34. The fourth-order valence-electron chi connectivity index (χ4n) is 3.03. The van der Waals surface area contributed by atoms with E-state index in [0.29, 0.717) is 12.8 Å². The molecule has 0 heterocycles. The Labute approximate surface area is 130 Å². The maximum Gasteiger partial charge on any atom is 0.179 e. The van der Waals surface area contributed by atoms with Crippen LogP contribution in [0.25, 0.3) is 0 Å². The first-order valence-corrected chi connectivity index (χ1v) is 7.78. The minimum atomic E-state index is -0.828. The number of ketones is 1. The van der Waals surface area contributed by atoms with Crippen molar-refractivity contribution in [3.63, 3.8) is 0 Å². The number of carbonyl (C=O) groups is 1. The van der Waals surface area contributed by atoms with Crippen molar-refractivity contribution >= 4 is 11.5 Å². The molecular formula is C18H23F2NO. The molecule has 1 fully saturated rings. The number of hydrogen-bond donors (Lipinski definition) is 1. The molecule has 0 unspecified atom stereocenters. The standard InChI is InChI=1S/C18H23F2NO/c1-18(2,3)17(21)16(22)12-6-4-11(5-7-12)13-8-9-14(19)15(20)10-13/h8-12,21H,4-7H2,1-3H3. The molecule has 1 aliphatic carbocycles. The molecule has 0 radical (unpaired) electrons. The molecule has 1 saturated carbocycles. The van der Waals surface area contributed by atoms with Gasteiger partial charge in [-0.1, -0.05) is 26.8 Å². The fourth-order valence-corrected chi connectivity index (χ4v) is 3.03. The summed E-state index contributed by atoms with van der Waals surface area (Å²) in [5.41, 5.74) is 0.563. The maximum atomic E-state index is 13.3. The SMILES string of the molecule is CC(C)(C)C(=N)C(=O)C1CCC(c2ccc(F)c(F)c2)CC1. The van der Waals surface area contributed by atoms with Crippen molar-refractivity contribution in [2.24, 2.45) is 11.3 Å². The van der Waals surface area contributed by atoms with Crippen LogP contribution < -0.4 is 0 Å². The second-order valence-corrected chi connectivity index (χ2v) is 7.21. The van der Waals surface area contributed by atoms with Crippen molar-refractivity contribution < 1.29 is 13.6 Å². The smallest absolute Gasteiger partial charge is 0.179 e. The predicted octanol–water partition coefficient (Wildman–Crippen LogP) is 4.87. The summed E-state index contributed by atoms with van der Waals surface area (Å²) in [6.45, 7) is 5.63. The molecule has 0 atom stereocenters. The third kappa shape index (κ3) is 3.60. The van der Waals surface area contributed by atoms with Gasteiger partial charge < -0.3 is 5.41 Å². The monoisotopic (exact) mass is 307 g/mol. The summed E-state index contributed by atoms with van der Waals surface area (Å²) in [7, 11) is 0. The van der Waals surface area contributed by atoms with Crippen molar-refractivity contribution in [3.8, 4) is 0 Å². The van der Waals surface area contributed by atoms with E-state index in [0.717, 1.165) is 24.5 Å². The molecule has 22 heavy (non-hydrogen) atoms. The van der Waals surface area contributed by atoms with E-state index in [1.54, 1.807) is 6.07 Å². The van der Waals surface area contributed by atoms with E-state index < -0.39 is 17.0 Å². The molecule has 1 aromatic carbocycles. The van der Waals surface area contributed by atoms with Gasteiger partial charge in [-0.15, -0.1) is 0 Å². The summed E-state index contributed by atoms with van der Waals surface area (Å²) in [5, 5.41) is 8.01. The highest BCUT2D eigenvalue weighted by Crippen LogP contribution is 2.37. The lowest BCUT2D eigenvalue weighted by molar-refractivity contribution is -0.117. The van der Waals surface area contributed by atoms with E-state index in [9.17, 15) is 13.6 Å². The molecule has 0 spiro atoms. The van der Waals surface area contributed by atoms with Gasteiger partial charge in [0.15, 0.2) is 17.4 Å². The van der Waals surface area contributed by atoms with Crippen LogP contribution in [0.1, 0.15) is 57.9 Å². The third-order valence-electron chi connectivity index (χ3n) is 4.51. The maximum absolute atomic E-state index is 13.3. The highest BCUT2D eigenvalue weighted by molar-refractivity contribution is 6.41. The van der Waals surface area contributed by atoms with Crippen molar-refractivity contribution in [2.45, 2.75) is 52.4 Å². The Balaban J connectivity index is 2.00. The van der Waals surface area contributed by atoms with E-state index in [2.05, 4.69) is 0 Å². The highest BCUT2D eigenvalue weighted by atomic mass is 19.2. The molecule has 1 N–H and O–H groups in total. The first kappa shape index (κ1) is 16.8. The molecule has 0 bridgehead atoms. The van der Waals surface area contributed by atoms with Gasteiger partial charge in [-0.05, 0) is 49.3 Å². The topological polar surface area (TPSA) is 40.9 Å². The summed E-state index contributed by atoms with van der Waals surface area (Å²) >= 11 is 0. The normalized spacial score (nSPS) is 22.4. The van der Waals surface area contributed by atoms with Gasteiger partial charge in [-0.25, -0.2) is 8.78 Å². The number of halogens is 2. The van der Waals surface area contributed by atoms with Crippen molar-refractivity contribution in [1.82, 2.24) is 0 Å². The number of rotatable bonds is 3. The summed E-state index contributed by atoms with van der Waals surface area (Å²) in [6.07, 6.45) is 2.97. The largest absolute Gasteiger partial charge is 0.301 e. The van der Waals surface area contributed by atoms with Crippen LogP contribution in [0.15, 0.2) is 18.2 Å². The second-order valence-electron chi connectivity index (χ2n) is 7.21. The molecule has 0 aromatic heterocycles. The minimum absolute atomic E-state index is 0.0590. The Kier molecular flexibility index (Phi) is 4.78. The summed E-state index contributed by atoms with van der Waals surface area (Å²) < 4.78 is 26.3. The van der Waals surface area contributed by atoms with E-state index in [1.807, 2.05) is 20.8 Å². The van der Waals surface area contributed by atoms with Gasteiger partial charge in [-0.2, -0.15) is 0 Å². The zero-order valence-electron chi connectivity index (χ0n) is 13.4. The van der Waals surface area contributed by atoms with Crippen LogP contribution in [0.2, 0.25) is 0 Å². The Morgan fingerprint density at radius 1 is 1.09 bits per heavy atom. The first-order chi connectivity index (χ1) is 10.2. The van der Waals surface area contributed by atoms with Crippen LogP contribution in [0.5, 0.6) is 0 Å². The van der Waals surface area contributed by atoms with Crippen LogP contribution in [0.3, 0.4) is 0 Å². The molecule has 0 saturated heterocycles. The van der Waals surface area contributed by atoms with Gasteiger partial charge in [0.05, 0.1) is 5.71 Å². The van der Waals surface area contributed by atoms with Gasteiger partial charge in [0, 0.05) is 11.3 Å². The molecular weight excluding hydrogens is 284 g/mol. The molecule has 4 heteroatoms. The van der Waals surface area contributed by atoms with Gasteiger partial charge in [0.25, 0.3) is 0 Å². The molecule has 0 aliphatic heterocycles. The fraction of sp³-hybridized carbons (Fsp3) is 0.556. The van der Waals surface area contributed by atoms with Crippen LogP contribution in [-0.2, 0) is 4.79 Å². The van der Waals surface area contributed by atoms with E-state index in [1.165, 1.54) is 6.07 Å². The molecule has 1 aliphatic rings. The Hall–Kier alpha value is -1.58. The average Bonchev–Trinajstić information content (AvgIpc) is 2.48. The average molecular weight is 307 g/mol. The Morgan fingerprint density at radius 2 is 1.68 bits per heavy atom. The van der Waals surface area contributed by atoms with Crippen LogP contribution in [0.4, 0.5) is 8.78 Å². The Bertz CT molecular complexity index is 581. The van der Waals surface area contributed by atoms with E-state index >= 15 is 0 Å². The van der Waals surface area contributed by atoms with Gasteiger partial charge in [-0.3, -0.25) is 4.79 Å². The third-order valence-corrected chi connectivity index (χ3v) is 4.51. The van der Waals surface area contributed by atoms with Crippen molar-refractivity contribution in [1.29, 1.82) is 5.41 Å². The summed E-state index contributed by atoms with van der Waals surface area (Å²) in [6, 6.07) is 4.05. The van der Waals surface area contributed by atoms with E-state index in [4.69, 9.17) is 5.41 Å². The molecule has 120 valence electrons. The Morgan fingerprint density at radius 3 is 2.18 bits per heavy atom. The lowest BCUT2D eigenvalue weighted by Gasteiger charge is -2.30.